The fraction of sp³-hybridized carbons (Fsp3) is 0.579. The van der Waals surface area contributed by atoms with Gasteiger partial charge in [-0.15, -0.1) is 0 Å². The normalized spacial score (nSPS) is 18.3. The van der Waals surface area contributed by atoms with Gasteiger partial charge in [-0.2, -0.15) is 0 Å². The number of benzene rings is 1. The molecule has 2 atom stereocenters. The van der Waals surface area contributed by atoms with Crippen LogP contribution in [0.4, 0.5) is 9.59 Å². The Balaban J connectivity index is 1.81. The largest absolute Gasteiger partial charge is 0.445 e. The van der Waals surface area contributed by atoms with Crippen molar-refractivity contribution < 1.29 is 24.2 Å². The van der Waals surface area contributed by atoms with Crippen molar-refractivity contribution in [2.24, 2.45) is 5.92 Å². The molecule has 144 valence electrons. The average molecular weight is 364 g/mol. The van der Waals surface area contributed by atoms with Crippen LogP contribution in [0.15, 0.2) is 30.3 Å². The number of carbonyl (C=O) groups excluding carboxylic acids is 2. The topological polar surface area (TPSA) is 88.1 Å². The third-order valence-corrected chi connectivity index (χ3v) is 4.16. The van der Waals surface area contributed by atoms with Crippen LogP contribution in [0.1, 0.15) is 32.8 Å². The lowest BCUT2D eigenvalue weighted by atomic mass is 10.00. The third-order valence-electron chi connectivity index (χ3n) is 4.16. The van der Waals surface area contributed by atoms with E-state index in [1.165, 1.54) is 0 Å². The SMILES string of the molecule is CC(C)(C)OC(=O)N1CC[C@H]([C@H](CO)NC(=O)OCc2ccccc2)C1. The number of rotatable bonds is 5. The summed E-state index contributed by atoms with van der Waals surface area (Å²) in [6.07, 6.45) is -0.268. The van der Waals surface area contributed by atoms with Crippen LogP contribution in [0, 0.1) is 5.92 Å². The molecular formula is C19H28N2O5. The van der Waals surface area contributed by atoms with E-state index in [0.717, 1.165) is 5.56 Å². The number of ether oxygens (including phenoxy) is 2. The van der Waals surface area contributed by atoms with E-state index >= 15 is 0 Å². The van der Waals surface area contributed by atoms with Crippen molar-refractivity contribution in [3.8, 4) is 0 Å². The lowest BCUT2D eigenvalue weighted by molar-refractivity contribution is 0.0283. The fourth-order valence-electron chi connectivity index (χ4n) is 2.84. The van der Waals surface area contributed by atoms with Crippen LogP contribution in [0.25, 0.3) is 0 Å². The molecule has 0 radical (unpaired) electrons. The summed E-state index contributed by atoms with van der Waals surface area (Å²) in [4.78, 5) is 25.7. The Labute approximate surface area is 154 Å². The number of hydrogen-bond acceptors (Lipinski definition) is 5. The first kappa shape index (κ1) is 20.0. The number of aliphatic hydroxyl groups excluding tert-OH is 1. The van der Waals surface area contributed by atoms with Gasteiger partial charge >= 0.3 is 12.2 Å². The van der Waals surface area contributed by atoms with Gasteiger partial charge in [0.25, 0.3) is 0 Å². The van der Waals surface area contributed by atoms with Gasteiger partial charge in [-0.3, -0.25) is 0 Å². The molecule has 7 nitrogen and oxygen atoms in total. The second-order valence-electron chi connectivity index (χ2n) is 7.47. The molecule has 0 saturated carbocycles. The van der Waals surface area contributed by atoms with Crippen LogP contribution < -0.4 is 5.32 Å². The summed E-state index contributed by atoms with van der Waals surface area (Å²) in [5.74, 6) is -0.0446. The third kappa shape index (κ3) is 6.22. The van der Waals surface area contributed by atoms with Crippen LogP contribution in [-0.2, 0) is 16.1 Å². The monoisotopic (exact) mass is 364 g/mol. The molecule has 1 aromatic rings. The van der Waals surface area contributed by atoms with Crippen molar-refractivity contribution in [1.82, 2.24) is 10.2 Å². The van der Waals surface area contributed by atoms with Crippen LogP contribution in [0.2, 0.25) is 0 Å². The van der Waals surface area contributed by atoms with Gasteiger partial charge in [-0.1, -0.05) is 30.3 Å². The van der Waals surface area contributed by atoms with Crippen LogP contribution in [0.5, 0.6) is 0 Å². The Kier molecular flexibility index (Phi) is 6.85. The van der Waals surface area contributed by atoms with E-state index in [1.807, 2.05) is 51.1 Å². The molecule has 2 N–H and O–H groups in total. The minimum Gasteiger partial charge on any atom is -0.445 e. The van der Waals surface area contributed by atoms with E-state index in [4.69, 9.17) is 9.47 Å². The molecule has 26 heavy (non-hydrogen) atoms. The highest BCUT2D eigenvalue weighted by atomic mass is 16.6. The second kappa shape index (κ2) is 8.89. The number of alkyl carbamates (subject to hydrolysis) is 1. The molecule has 0 unspecified atom stereocenters. The first-order chi connectivity index (χ1) is 12.3. The van der Waals surface area contributed by atoms with E-state index in [9.17, 15) is 14.7 Å². The van der Waals surface area contributed by atoms with Gasteiger partial charge in [0, 0.05) is 19.0 Å². The van der Waals surface area contributed by atoms with Gasteiger partial charge in [0.05, 0.1) is 12.6 Å². The molecule has 2 rings (SSSR count). The molecule has 1 heterocycles. The van der Waals surface area contributed by atoms with Gasteiger partial charge in [0.2, 0.25) is 0 Å². The van der Waals surface area contributed by atoms with Gasteiger partial charge in [0.15, 0.2) is 0 Å². The highest BCUT2D eigenvalue weighted by molar-refractivity contribution is 5.69. The van der Waals surface area contributed by atoms with Crippen molar-refractivity contribution in [2.45, 2.75) is 45.4 Å². The van der Waals surface area contributed by atoms with E-state index in [-0.39, 0.29) is 25.2 Å². The average Bonchev–Trinajstić information content (AvgIpc) is 3.07. The van der Waals surface area contributed by atoms with E-state index in [0.29, 0.717) is 19.5 Å². The molecule has 2 amide bonds. The van der Waals surface area contributed by atoms with Crippen LogP contribution in [-0.4, -0.2) is 53.5 Å². The van der Waals surface area contributed by atoms with Gasteiger partial charge in [-0.25, -0.2) is 9.59 Å². The van der Waals surface area contributed by atoms with Crippen molar-refractivity contribution in [1.29, 1.82) is 0 Å². The Hall–Kier alpha value is -2.28. The lowest BCUT2D eigenvalue weighted by Gasteiger charge is -2.26. The molecule has 0 aliphatic carbocycles. The zero-order valence-electron chi connectivity index (χ0n) is 15.6. The van der Waals surface area contributed by atoms with E-state index in [1.54, 1.807) is 4.90 Å². The number of hydrogen-bond donors (Lipinski definition) is 2. The highest BCUT2D eigenvalue weighted by Crippen LogP contribution is 2.22. The maximum Gasteiger partial charge on any atom is 0.410 e. The number of amides is 2. The minimum atomic E-state index is -0.580. The van der Waals surface area contributed by atoms with Gasteiger partial charge in [-0.05, 0) is 32.8 Å². The summed E-state index contributed by atoms with van der Waals surface area (Å²) < 4.78 is 10.6. The Morgan fingerprint density at radius 2 is 2.00 bits per heavy atom. The van der Waals surface area contributed by atoms with Crippen molar-refractivity contribution >= 4 is 12.2 Å². The molecule has 0 bridgehead atoms. The maximum atomic E-state index is 12.1. The van der Waals surface area contributed by atoms with Crippen molar-refractivity contribution in [3.63, 3.8) is 0 Å². The molecule has 0 aromatic heterocycles. The number of carbonyl (C=O) groups is 2. The predicted molar refractivity (Wildman–Crippen MR) is 96.6 cm³/mol. The number of nitrogens with one attached hydrogen (secondary N) is 1. The van der Waals surface area contributed by atoms with Gasteiger partial charge < -0.3 is 24.8 Å². The first-order valence-electron chi connectivity index (χ1n) is 8.84. The zero-order chi connectivity index (χ0) is 19.2. The van der Waals surface area contributed by atoms with Crippen LogP contribution >= 0.6 is 0 Å². The molecular weight excluding hydrogens is 336 g/mol. The predicted octanol–water partition coefficient (Wildman–Crippen LogP) is 2.53. The summed E-state index contributed by atoms with van der Waals surface area (Å²) in [5, 5.41) is 12.3. The Bertz CT molecular complexity index is 600. The Morgan fingerprint density at radius 3 is 2.62 bits per heavy atom. The molecule has 1 aliphatic heterocycles. The van der Waals surface area contributed by atoms with Crippen molar-refractivity contribution in [3.05, 3.63) is 35.9 Å². The molecule has 7 heteroatoms. The zero-order valence-corrected chi connectivity index (χ0v) is 15.6. The summed E-state index contributed by atoms with van der Waals surface area (Å²) in [7, 11) is 0. The maximum absolute atomic E-state index is 12.1. The molecule has 1 aliphatic rings. The van der Waals surface area contributed by atoms with Crippen molar-refractivity contribution in [2.75, 3.05) is 19.7 Å². The smallest absolute Gasteiger partial charge is 0.410 e. The summed E-state index contributed by atoms with van der Waals surface area (Å²) in [6, 6.07) is 8.90. The summed E-state index contributed by atoms with van der Waals surface area (Å²) >= 11 is 0. The molecule has 1 fully saturated rings. The lowest BCUT2D eigenvalue weighted by Crippen LogP contribution is -2.44. The number of nitrogens with zero attached hydrogens (tertiary/aromatic N) is 1. The quantitative estimate of drug-likeness (QED) is 0.838. The number of likely N-dealkylation sites (tertiary alicyclic amines) is 1. The minimum absolute atomic E-state index is 0.0446. The first-order valence-corrected chi connectivity index (χ1v) is 8.84. The Morgan fingerprint density at radius 1 is 1.31 bits per heavy atom. The molecule has 1 saturated heterocycles. The second-order valence-corrected chi connectivity index (χ2v) is 7.47. The number of aliphatic hydroxyl groups is 1. The highest BCUT2D eigenvalue weighted by Gasteiger charge is 2.34. The van der Waals surface area contributed by atoms with Gasteiger partial charge in [0.1, 0.15) is 12.2 Å². The van der Waals surface area contributed by atoms with E-state index in [2.05, 4.69) is 5.32 Å². The fourth-order valence-corrected chi connectivity index (χ4v) is 2.84. The summed E-state index contributed by atoms with van der Waals surface area (Å²) in [5.41, 5.74) is 0.338. The standard InChI is InChI=1S/C19H28N2O5/c1-19(2,3)26-18(24)21-10-9-15(11-21)16(12-22)20-17(23)25-13-14-7-5-4-6-8-14/h4-8,15-16,22H,9-13H2,1-3H3,(H,20,23)/t15-,16-/m0/s1. The summed E-state index contributed by atoms with van der Waals surface area (Å²) in [6.45, 7) is 6.38. The molecule has 0 spiro atoms. The molecule has 1 aromatic carbocycles. The van der Waals surface area contributed by atoms with E-state index < -0.39 is 17.7 Å². The van der Waals surface area contributed by atoms with Crippen LogP contribution in [0.3, 0.4) is 0 Å².